The molecule has 23 heavy (non-hydrogen) atoms. The van der Waals surface area contributed by atoms with E-state index in [9.17, 15) is 14.0 Å². The number of carbonyl (C=O) groups excluding carboxylic acids is 2. The first-order valence-corrected chi connectivity index (χ1v) is 7.33. The maximum atomic E-state index is 13.6. The van der Waals surface area contributed by atoms with E-state index >= 15 is 0 Å². The molecule has 0 saturated heterocycles. The average molecular weight is 311 g/mol. The number of aromatic amines is 1. The standard InChI is InChI=1S/C17H14FN3O2/c1-7-13(16(19)22)9-3-4-10(15(9)20-7)14-11-6-8(18)2-5-12(11)21-17(14)23/h2,5-6,20H,3-4H2,1H3,(H2,19,22)(H,21,23). The third-order valence-electron chi connectivity index (χ3n) is 4.49. The van der Waals surface area contributed by atoms with E-state index in [0.29, 0.717) is 40.9 Å². The van der Waals surface area contributed by atoms with Crippen LogP contribution in [0.5, 0.6) is 0 Å². The molecule has 116 valence electrons. The topological polar surface area (TPSA) is 88.0 Å². The van der Waals surface area contributed by atoms with Crippen LogP contribution in [0.3, 0.4) is 0 Å². The number of fused-ring (bicyclic) bond motifs is 2. The molecule has 2 heterocycles. The number of amides is 2. The zero-order valence-corrected chi connectivity index (χ0v) is 12.4. The number of allylic oxidation sites excluding steroid dienone is 1. The van der Waals surface area contributed by atoms with E-state index in [1.165, 1.54) is 12.1 Å². The van der Waals surface area contributed by atoms with Crippen LogP contribution in [0, 0.1) is 12.7 Å². The summed E-state index contributed by atoms with van der Waals surface area (Å²) in [6.07, 6.45) is 1.25. The number of benzene rings is 1. The fourth-order valence-corrected chi connectivity index (χ4v) is 3.58. The summed E-state index contributed by atoms with van der Waals surface area (Å²) in [4.78, 5) is 27.2. The maximum absolute atomic E-state index is 13.6. The Balaban J connectivity index is 1.97. The third-order valence-corrected chi connectivity index (χ3v) is 4.49. The second-order valence-corrected chi connectivity index (χ2v) is 5.84. The lowest BCUT2D eigenvalue weighted by Gasteiger charge is -2.04. The van der Waals surface area contributed by atoms with Gasteiger partial charge < -0.3 is 16.0 Å². The van der Waals surface area contributed by atoms with E-state index in [2.05, 4.69) is 10.3 Å². The van der Waals surface area contributed by atoms with Gasteiger partial charge in [0.1, 0.15) is 5.82 Å². The molecule has 4 rings (SSSR count). The zero-order valence-electron chi connectivity index (χ0n) is 12.4. The van der Waals surface area contributed by atoms with E-state index in [4.69, 9.17) is 5.73 Å². The molecular weight excluding hydrogens is 297 g/mol. The Morgan fingerprint density at radius 3 is 2.83 bits per heavy atom. The Labute approximate surface area is 131 Å². The Bertz CT molecular complexity index is 924. The molecule has 0 atom stereocenters. The summed E-state index contributed by atoms with van der Waals surface area (Å²) < 4.78 is 13.6. The van der Waals surface area contributed by atoms with Crippen molar-refractivity contribution in [2.45, 2.75) is 19.8 Å². The molecule has 0 unspecified atom stereocenters. The summed E-state index contributed by atoms with van der Waals surface area (Å²) in [6.45, 7) is 1.78. The minimum absolute atomic E-state index is 0.249. The molecule has 2 aliphatic rings. The predicted molar refractivity (Wildman–Crippen MR) is 84.2 cm³/mol. The van der Waals surface area contributed by atoms with Gasteiger partial charge in [0.15, 0.2) is 0 Å². The number of carbonyl (C=O) groups is 2. The monoisotopic (exact) mass is 311 g/mol. The van der Waals surface area contributed by atoms with Crippen LogP contribution < -0.4 is 11.1 Å². The summed E-state index contributed by atoms with van der Waals surface area (Å²) in [5.74, 6) is -1.12. The van der Waals surface area contributed by atoms with Crippen molar-refractivity contribution in [3.8, 4) is 0 Å². The fourth-order valence-electron chi connectivity index (χ4n) is 3.58. The Morgan fingerprint density at radius 2 is 2.09 bits per heavy atom. The fraction of sp³-hybridized carbons (Fsp3) is 0.176. The minimum atomic E-state index is -0.478. The summed E-state index contributed by atoms with van der Waals surface area (Å²) in [5, 5.41) is 2.76. The van der Waals surface area contributed by atoms with Gasteiger partial charge >= 0.3 is 0 Å². The predicted octanol–water partition coefficient (Wildman–Crippen LogP) is 2.37. The SMILES string of the molecule is Cc1[nH]c2c(c1C(N)=O)CCC2=C1C(=O)Nc2ccc(F)cc21. The van der Waals surface area contributed by atoms with Crippen molar-refractivity contribution in [1.82, 2.24) is 4.98 Å². The number of primary amides is 1. The van der Waals surface area contributed by atoms with Crippen LogP contribution in [0.2, 0.25) is 0 Å². The maximum Gasteiger partial charge on any atom is 0.256 e. The molecule has 2 aromatic rings. The highest BCUT2D eigenvalue weighted by molar-refractivity contribution is 6.37. The van der Waals surface area contributed by atoms with Crippen LogP contribution in [0.15, 0.2) is 18.2 Å². The zero-order chi connectivity index (χ0) is 16.3. The number of nitrogens with two attached hydrogens (primary N) is 1. The van der Waals surface area contributed by atoms with Gasteiger partial charge in [0, 0.05) is 22.6 Å². The molecule has 2 amide bonds. The average Bonchev–Trinajstić information content (AvgIpc) is 3.09. The van der Waals surface area contributed by atoms with Gasteiger partial charge in [0.25, 0.3) is 11.8 Å². The lowest BCUT2D eigenvalue weighted by Crippen LogP contribution is -2.13. The smallest absolute Gasteiger partial charge is 0.256 e. The number of hydrogen-bond acceptors (Lipinski definition) is 2. The third kappa shape index (κ3) is 1.84. The lowest BCUT2D eigenvalue weighted by atomic mass is 9.99. The Kier molecular flexibility index (Phi) is 2.72. The van der Waals surface area contributed by atoms with Gasteiger partial charge in [0.05, 0.1) is 11.1 Å². The molecule has 1 aliphatic heterocycles. The molecule has 1 aromatic carbocycles. The van der Waals surface area contributed by atoms with Crippen molar-refractivity contribution in [3.63, 3.8) is 0 Å². The van der Waals surface area contributed by atoms with Gasteiger partial charge in [-0.25, -0.2) is 4.39 Å². The first-order chi connectivity index (χ1) is 11.0. The Morgan fingerprint density at radius 1 is 1.30 bits per heavy atom. The van der Waals surface area contributed by atoms with Crippen molar-refractivity contribution < 1.29 is 14.0 Å². The highest BCUT2D eigenvalue weighted by Gasteiger charge is 2.34. The number of nitrogens with one attached hydrogen (secondary N) is 2. The number of hydrogen-bond donors (Lipinski definition) is 3. The molecule has 0 fully saturated rings. The van der Waals surface area contributed by atoms with Crippen molar-refractivity contribution in [2.24, 2.45) is 5.73 Å². The van der Waals surface area contributed by atoms with E-state index in [-0.39, 0.29) is 5.91 Å². The molecule has 0 radical (unpaired) electrons. The first kappa shape index (κ1) is 13.8. The molecule has 4 N–H and O–H groups in total. The minimum Gasteiger partial charge on any atom is -0.366 e. The molecule has 1 aliphatic carbocycles. The van der Waals surface area contributed by atoms with Gasteiger partial charge in [-0.05, 0) is 49.1 Å². The number of aryl methyl sites for hydroxylation is 1. The van der Waals surface area contributed by atoms with E-state index in [0.717, 1.165) is 16.8 Å². The van der Waals surface area contributed by atoms with Crippen LogP contribution in [0.25, 0.3) is 11.1 Å². The summed E-state index contributed by atoms with van der Waals surface area (Å²) in [7, 11) is 0. The molecular formula is C17H14FN3O2. The second-order valence-electron chi connectivity index (χ2n) is 5.84. The van der Waals surface area contributed by atoms with Crippen molar-refractivity contribution in [1.29, 1.82) is 0 Å². The highest BCUT2D eigenvalue weighted by atomic mass is 19.1. The van der Waals surface area contributed by atoms with Gasteiger partial charge in [-0.1, -0.05) is 0 Å². The van der Waals surface area contributed by atoms with Crippen LogP contribution in [-0.4, -0.2) is 16.8 Å². The number of anilines is 1. The lowest BCUT2D eigenvalue weighted by molar-refractivity contribution is -0.110. The quantitative estimate of drug-likeness (QED) is 0.706. The van der Waals surface area contributed by atoms with Gasteiger partial charge in [-0.3, -0.25) is 9.59 Å². The highest BCUT2D eigenvalue weighted by Crippen LogP contribution is 2.44. The van der Waals surface area contributed by atoms with Gasteiger partial charge in [-0.15, -0.1) is 0 Å². The second kappa shape index (κ2) is 4.55. The van der Waals surface area contributed by atoms with Gasteiger partial charge in [-0.2, -0.15) is 0 Å². The molecule has 1 aromatic heterocycles. The Hall–Kier alpha value is -2.89. The van der Waals surface area contributed by atoms with Crippen molar-refractivity contribution in [3.05, 3.63) is 52.1 Å². The van der Waals surface area contributed by atoms with E-state index < -0.39 is 11.7 Å². The number of H-pyrrole nitrogens is 1. The summed E-state index contributed by atoms with van der Waals surface area (Å²) in [6, 6.07) is 4.23. The van der Waals surface area contributed by atoms with Crippen molar-refractivity contribution in [2.75, 3.05) is 5.32 Å². The number of rotatable bonds is 1. The molecule has 0 bridgehead atoms. The largest absolute Gasteiger partial charge is 0.366 e. The summed E-state index contributed by atoms with van der Waals surface area (Å²) >= 11 is 0. The van der Waals surface area contributed by atoms with E-state index in [1.54, 1.807) is 13.0 Å². The molecule has 0 spiro atoms. The van der Waals surface area contributed by atoms with Crippen LogP contribution >= 0.6 is 0 Å². The van der Waals surface area contributed by atoms with Crippen molar-refractivity contribution >= 4 is 28.6 Å². The molecule has 6 heteroatoms. The molecule has 0 saturated carbocycles. The number of halogens is 1. The molecule has 5 nitrogen and oxygen atoms in total. The first-order valence-electron chi connectivity index (χ1n) is 7.33. The van der Waals surface area contributed by atoms with Crippen LogP contribution in [-0.2, 0) is 11.2 Å². The van der Waals surface area contributed by atoms with Gasteiger partial charge in [0.2, 0.25) is 0 Å². The van der Waals surface area contributed by atoms with Crippen LogP contribution in [0.1, 0.15) is 39.3 Å². The normalized spacial score (nSPS) is 18.8. The van der Waals surface area contributed by atoms with E-state index in [1.807, 2.05) is 0 Å². The number of aromatic nitrogens is 1. The van der Waals surface area contributed by atoms with Crippen LogP contribution in [0.4, 0.5) is 10.1 Å². The summed E-state index contributed by atoms with van der Waals surface area (Å²) in [5.41, 5.74) is 10.7.